The van der Waals surface area contributed by atoms with Crippen molar-refractivity contribution in [2.45, 2.75) is 25.9 Å². The van der Waals surface area contributed by atoms with E-state index in [9.17, 15) is 14.0 Å². The SMILES string of the molecule is CC(=O)CC[C@H]1CN(c2ccc(N3CCN(c4ccccc4)CC3)c(F)c2)C(=O)O1. The molecule has 0 aromatic heterocycles. The zero-order chi connectivity index (χ0) is 21.1. The highest BCUT2D eigenvalue weighted by Gasteiger charge is 2.33. The van der Waals surface area contributed by atoms with Crippen molar-refractivity contribution < 1.29 is 18.7 Å². The molecule has 0 N–H and O–H groups in total. The Bertz CT molecular complexity index is 913. The predicted molar refractivity (Wildman–Crippen MR) is 115 cm³/mol. The van der Waals surface area contributed by atoms with Gasteiger partial charge in [-0.25, -0.2) is 9.18 Å². The lowest BCUT2D eigenvalue weighted by molar-refractivity contribution is -0.117. The Morgan fingerprint density at radius 2 is 1.73 bits per heavy atom. The number of rotatable bonds is 6. The second-order valence-electron chi connectivity index (χ2n) is 7.80. The maximum Gasteiger partial charge on any atom is 0.414 e. The highest BCUT2D eigenvalue weighted by Crippen LogP contribution is 2.29. The first kappa shape index (κ1) is 20.2. The van der Waals surface area contributed by atoms with E-state index in [4.69, 9.17) is 4.74 Å². The molecule has 1 amide bonds. The molecular formula is C23H26FN3O3. The standard InChI is InChI=1S/C23H26FN3O3/c1-17(28)7-9-20-16-27(23(29)30-20)19-8-10-22(21(24)15-19)26-13-11-25(12-14-26)18-5-3-2-4-6-18/h2-6,8,10,15,20H,7,9,11-14,16H2,1H3/t20-/m0/s1. The van der Waals surface area contributed by atoms with Crippen molar-refractivity contribution in [3.8, 4) is 0 Å². The van der Waals surface area contributed by atoms with Crippen LogP contribution in [0.1, 0.15) is 19.8 Å². The van der Waals surface area contributed by atoms with Gasteiger partial charge >= 0.3 is 6.09 Å². The second kappa shape index (κ2) is 8.73. The van der Waals surface area contributed by atoms with E-state index in [-0.39, 0.29) is 17.7 Å². The third-order valence-electron chi connectivity index (χ3n) is 5.68. The lowest BCUT2D eigenvalue weighted by atomic mass is 10.1. The molecule has 0 radical (unpaired) electrons. The van der Waals surface area contributed by atoms with Crippen LogP contribution in [0, 0.1) is 5.82 Å². The zero-order valence-corrected chi connectivity index (χ0v) is 17.1. The van der Waals surface area contributed by atoms with E-state index in [2.05, 4.69) is 17.0 Å². The number of carbonyl (C=O) groups is 2. The van der Waals surface area contributed by atoms with Gasteiger partial charge in [0.15, 0.2) is 0 Å². The molecule has 2 saturated heterocycles. The summed E-state index contributed by atoms with van der Waals surface area (Å²) in [6.45, 7) is 4.94. The fraction of sp³-hybridized carbons (Fsp3) is 0.391. The Kier molecular flexibility index (Phi) is 5.88. The van der Waals surface area contributed by atoms with Crippen LogP contribution in [0.5, 0.6) is 0 Å². The summed E-state index contributed by atoms with van der Waals surface area (Å²) in [7, 11) is 0. The van der Waals surface area contributed by atoms with Crippen LogP contribution in [0.25, 0.3) is 0 Å². The van der Waals surface area contributed by atoms with Gasteiger partial charge in [0.1, 0.15) is 17.7 Å². The monoisotopic (exact) mass is 411 g/mol. The summed E-state index contributed by atoms with van der Waals surface area (Å²) in [6.07, 6.45) is 0.0279. The first-order chi connectivity index (χ1) is 14.5. The van der Waals surface area contributed by atoms with Crippen LogP contribution in [0.4, 0.5) is 26.2 Å². The topological polar surface area (TPSA) is 53.1 Å². The molecule has 0 saturated carbocycles. The number of ether oxygens (including phenoxy) is 1. The number of hydrogen-bond acceptors (Lipinski definition) is 5. The van der Waals surface area contributed by atoms with Crippen LogP contribution in [0.3, 0.4) is 0 Å². The molecule has 0 bridgehead atoms. The fourth-order valence-corrected chi connectivity index (χ4v) is 4.01. The minimum Gasteiger partial charge on any atom is -0.444 e. The Morgan fingerprint density at radius 1 is 1.03 bits per heavy atom. The second-order valence-corrected chi connectivity index (χ2v) is 7.80. The maximum absolute atomic E-state index is 14.9. The third-order valence-corrected chi connectivity index (χ3v) is 5.68. The van der Waals surface area contributed by atoms with E-state index in [1.165, 1.54) is 23.6 Å². The van der Waals surface area contributed by atoms with Gasteiger partial charge in [-0.15, -0.1) is 0 Å². The number of benzene rings is 2. The number of halogens is 1. The van der Waals surface area contributed by atoms with Gasteiger partial charge in [-0.1, -0.05) is 18.2 Å². The van der Waals surface area contributed by atoms with Crippen LogP contribution in [0.2, 0.25) is 0 Å². The number of piperazine rings is 1. The average molecular weight is 411 g/mol. The van der Waals surface area contributed by atoms with Crippen molar-refractivity contribution >= 4 is 28.9 Å². The molecule has 158 valence electrons. The van der Waals surface area contributed by atoms with Gasteiger partial charge in [0.05, 0.1) is 17.9 Å². The number of anilines is 3. The molecule has 30 heavy (non-hydrogen) atoms. The average Bonchev–Trinajstić information content (AvgIpc) is 3.13. The third kappa shape index (κ3) is 4.40. The Hall–Kier alpha value is -3.09. The number of Topliss-reactive ketones (excluding diaryl/α,β-unsaturated/α-hetero) is 1. The van der Waals surface area contributed by atoms with Crippen molar-refractivity contribution in [2.75, 3.05) is 47.4 Å². The highest BCUT2D eigenvalue weighted by molar-refractivity contribution is 5.90. The van der Waals surface area contributed by atoms with Gasteiger partial charge in [-0.05, 0) is 43.7 Å². The Labute approximate surface area is 175 Å². The largest absolute Gasteiger partial charge is 0.444 e. The molecule has 0 spiro atoms. The molecule has 1 atom stereocenters. The molecular weight excluding hydrogens is 385 g/mol. The molecule has 6 nitrogen and oxygen atoms in total. The van der Waals surface area contributed by atoms with Gasteiger partial charge in [0.25, 0.3) is 0 Å². The molecule has 2 aromatic carbocycles. The molecule has 2 aromatic rings. The smallest absolute Gasteiger partial charge is 0.414 e. The molecule has 2 fully saturated rings. The predicted octanol–water partition coefficient (Wildman–Crippen LogP) is 3.85. The maximum atomic E-state index is 14.9. The summed E-state index contributed by atoms with van der Waals surface area (Å²) in [5.74, 6) is -0.284. The van der Waals surface area contributed by atoms with E-state index in [0.717, 1.165) is 26.2 Å². The number of cyclic esters (lactones) is 1. The summed E-state index contributed by atoms with van der Waals surface area (Å²) in [5, 5.41) is 0. The van der Waals surface area contributed by atoms with E-state index in [1.807, 2.05) is 23.1 Å². The van der Waals surface area contributed by atoms with Crippen LogP contribution in [-0.2, 0) is 9.53 Å². The quantitative estimate of drug-likeness (QED) is 0.723. The summed E-state index contributed by atoms with van der Waals surface area (Å²) in [6, 6.07) is 15.1. The van der Waals surface area contributed by atoms with E-state index in [1.54, 1.807) is 12.1 Å². The summed E-state index contributed by atoms with van der Waals surface area (Å²) < 4.78 is 20.2. The van der Waals surface area contributed by atoms with Gasteiger partial charge in [-0.2, -0.15) is 0 Å². The normalized spacial score (nSPS) is 19.2. The van der Waals surface area contributed by atoms with Crippen molar-refractivity contribution in [3.63, 3.8) is 0 Å². The lowest BCUT2D eigenvalue weighted by Gasteiger charge is -2.37. The minimum absolute atomic E-state index is 0.0623. The van der Waals surface area contributed by atoms with E-state index in [0.29, 0.717) is 30.8 Å². The van der Waals surface area contributed by atoms with E-state index >= 15 is 0 Å². The molecule has 7 heteroatoms. The fourth-order valence-electron chi connectivity index (χ4n) is 4.01. The van der Waals surface area contributed by atoms with Crippen molar-refractivity contribution in [1.29, 1.82) is 0 Å². The van der Waals surface area contributed by atoms with Crippen LogP contribution < -0.4 is 14.7 Å². The number of para-hydroxylation sites is 1. The first-order valence-electron chi connectivity index (χ1n) is 10.3. The highest BCUT2D eigenvalue weighted by atomic mass is 19.1. The molecule has 0 unspecified atom stereocenters. The van der Waals surface area contributed by atoms with Crippen molar-refractivity contribution in [3.05, 3.63) is 54.3 Å². The lowest BCUT2D eigenvalue weighted by Crippen LogP contribution is -2.46. The summed E-state index contributed by atoms with van der Waals surface area (Å²) in [4.78, 5) is 29.1. The van der Waals surface area contributed by atoms with Gasteiger partial charge in [-0.3, -0.25) is 4.90 Å². The number of carbonyl (C=O) groups excluding carboxylic acids is 2. The van der Waals surface area contributed by atoms with Crippen molar-refractivity contribution in [2.24, 2.45) is 0 Å². The van der Waals surface area contributed by atoms with Crippen LogP contribution in [0.15, 0.2) is 48.5 Å². The summed E-state index contributed by atoms with van der Waals surface area (Å²) >= 11 is 0. The van der Waals surface area contributed by atoms with Crippen LogP contribution >= 0.6 is 0 Å². The van der Waals surface area contributed by atoms with Gasteiger partial charge in [0.2, 0.25) is 0 Å². The van der Waals surface area contributed by atoms with Gasteiger partial charge < -0.3 is 19.3 Å². The Balaban J connectivity index is 1.39. The zero-order valence-electron chi connectivity index (χ0n) is 17.1. The molecule has 2 aliphatic heterocycles. The number of nitrogens with zero attached hydrogens (tertiary/aromatic N) is 3. The first-order valence-corrected chi connectivity index (χ1v) is 10.3. The molecule has 2 heterocycles. The van der Waals surface area contributed by atoms with Crippen molar-refractivity contribution in [1.82, 2.24) is 0 Å². The number of amides is 1. The Morgan fingerprint density at radius 3 is 2.40 bits per heavy atom. The minimum atomic E-state index is -0.493. The van der Waals surface area contributed by atoms with E-state index < -0.39 is 6.09 Å². The summed E-state index contributed by atoms with van der Waals surface area (Å²) in [5.41, 5.74) is 2.21. The number of ketones is 1. The molecule has 4 rings (SSSR count). The van der Waals surface area contributed by atoms with Gasteiger partial charge in [0, 0.05) is 38.3 Å². The van der Waals surface area contributed by atoms with Crippen LogP contribution in [-0.4, -0.2) is 50.7 Å². The number of hydrogen-bond donors (Lipinski definition) is 0. The molecule has 0 aliphatic carbocycles. The molecule has 2 aliphatic rings.